The normalized spacial score (nSPS) is 13.7. The highest BCUT2D eigenvalue weighted by Crippen LogP contribution is 2.36. The van der Waals surface area contributed by atoms with Gasteiger partial charge in [0.05, 0.1) is 23.3 Å². The van der Waals surface area contributed by atoms with E-state index in [1.165, 1.54) is 6.20 Å². The molecule has 0 amide bonds. The number of aromatic nitrogens is 1. The molecular formula is C37H41ClN4O4. The molecule has 0 spiro atoms. The minimum atomic E-state index is -0.149. The Morgan fingerprint density at radius 3 is 2.41 bits per heavy atom. The zero-order valence-electron chi connectivity index (χ0n) is 26.5. The summed E-state index contributed by atoms with van der Waals surface area (Å²) < 4.78 is 18.5. The Bertz CT molecular complexity index is 1680. The van der Waals surface area contributed by atoms with E-state index in [1.54, 1.807) is 24.4 Å². The van der Waals surface area contributed by atoms with Crippen LogP contribution < -0.4 is 19.9 Å². The quantitative estimate of drug-likeness (QED) is 0.155. The van der Waals surface area contributed by atoms with E-state index in [0.29, 0.717) is 35.3 Å². The van der Waals surface area contributed by atoms with Crippen molar-refractivity contribution in [1.29, 1.82) is 5.26 Å². The number of benzene rings is 3. The lowest BCUT2D eigenvalue weighted by Gasteiger charge is -2.29. The van der Waals surface area contributed by atoms with Crippen molar-refractivity contribution in [1.82, 2.24) is 9.88 Å². The summed E-state index contributed by atoms with van der Waals surface area (Å²) in [6, 6.07) is 19.8. The number of pyridine rings is 1. The maximum Gasteiger partial charge on any atom is 0.142 e. The molecule has 46 heavy (non-hydrogen) atoms. The molecule has 1 saturated heterocycles. The lowest BCUT2D eigenvalue weighted by atomic mass is 9.93. The van der Waals surface area contributed by atoms with Gasteiger partial charge in [0, 0.05) is 55.8 Å². The first-order valence-electron chi connectivity index (χ1n) is 15.7. The molecule has 0 unspecified atom stereocenters. The first-order chi connectivity index (χ1) is 22.4. The van der Waals surface area contributed by atoms with Gasteiger partial charge in [0.1, 0.15) is 36.5 Å². The van der Waals surface area contributed by atoms with Gasteiger partial charge in [0.25, 0.3) is 0 Å². The number of halogens is 1. The first kappa shape index (κ1) is 33.2. The maximum absolute atomic E-state index is 9.74. The minimum Gasteiger partial charge on any atom is -0.493 e. The van der Waals surface area contributed by atoms with Crippen LogP contribution in [0.1, 0.15) is 52.6 Å². The number of nitriles is 1. The van der Waals surface area contributed by atoms with E-state index in [0.717, 1.165) is 83.6 Å². The van der Waals surface area contributed by atoms with Crippen molar-refractivity contribution in [2.45, 2.75) is 59.0 Å². The van der Waals surface area contributed by atoms with Gasteiger partial charge in [-0.05, 0) is 79.1 Å². The standard InChI is InChI=1S/C37H41ClN4O4/c1-25-29(24-46-37-18-36(30(20-40)17-34(37)38)45-23-28-16-27(19-39)21-41-22-28)6-3-7-32(25)33-8-4-9-35(26(33)2)44-15-5-12-42-13-10-31(43)11-14-42/h3-4,6-9,16-18,21-22,31,43H,5,10-15,20,23-24,40H2,1-2H3. The number of rotatable bonds is 13. The summed E-state index contributed by atoms with van der Waals surface area (Å²) in [7, 11) is 0. The van der Waals surface area contributed by atoms with E-state index < -0.39 is 0 Å². The molecule has 1 aliphatic heterocycles. The largest absolute Gasteiger partial charge is 0.493 e. The van der Waals surface area contributed by atoms with Crippen LogP contribution in [0.3, 0.4) is 0 Å². The number of ether oxygens (including phenoxy) is 3. The van der Waals surface area contributed by atoms with Crippen LogP contribution in [-0.2, 0) is 19.8 Å². The SMILES string of the molecule is Cc1c(COc2cc(OCc3cncc(C#N)c3)c(CN)cc2Cl)cccc1-c1cccc(OCCCN2CCC(O)CC2)c1C. The van der Waals surface area contributed by atoms with E-state index in [-0.39, 0.29) is 19.3 Å². The molecule has 240 valence electrons. The van der Waals surface area contributed by atoms with Crippen LogP contribution >= 0.6 is 11.6 Å². The van der Waals surface area contributed by atoms with Crippen LogP contribution in [0.15, 0.2) is 67.0 Å². The summed E-state index contributed by atoms with van der Waals surface area (Å²) in [5, 5.41) is 19.4. The first-order valence-corrected chi connectivity index (χ1v) is 16.1. The molecule has 0 radical (unpaired) electrons. The van der Waals surface area contributed by atoms with E-state index >= 15 is 0 Å². The summed E-state index contributed by atoms with van der Waals surface area (Å²) in [5.74, 6) is 1.95. The van der Waals surface area contributed by atoms with Crippen molar-refractivity contribution < 1.29 is 19.3 Å². The van der Waals surface area contributed by atoms with Crippen molar-refractivity contribution >= 4 is 11.6 Å². The second-order valence-electron chi connectivity index (χ2n) is 11.7. The lowest BCUT2D eigenvalue weighted by Crippen LogP contribution is -2.36. The van der Waals surface area contributed by atoms with Crippen molar-refractivity contribution in [2.75, 3.05) is 26.2 Å². The van der Waals surface area contributed by atoms with Gasteiger partial charge in [-0.25, -0.2) is 0 Å². The Kier molecular flexibility index (Phi) is 11.5. The van der Waals surface area contributed by atoms with Gasteiger partial charge in [-0.3, -0.25) is 4.98 Å². The summed E-state index contributed by atoms with van der Waals surface area (Å²) in [5.41, 5.74) is 13.5. The van der Waals surface area contributed by atoms with Gasteiger partial charge < -0.3 is 30.0 Å². The van der Waals surface area contributed by atoms with Crippen molar-refractivity contribution in [3.63, 3.8) is 0 Å². The number of aliphatic hydroxyl groups excluding tert-OH is 1. The number of likely N-dealkylation sites (tertiary alicyclic amines) is 1. The van der Waals surface area contributed by atoms with Crippen molar-refractivity contribution in [3.8, 4) is 34.4 Å². The highest BCUT2D eigenvalue weighted by molar-refractivity contribution is 6.32. The molecule has 0 saturated carbocycles. The fourth-order valence-electron chi connectivity index (χ4n) is 5.73. The monoisotopic (exact) mass is 640 g/mol. The molecule has 3 aromatic carbocycles. The maximum atomic E-state index is 9.74. The second kappa shape index (κ2) is 15.9. The third-order valence-electron chi connectivity index (χ3n) is 8.49. The Morgan fingerprint density at radius 1 is 0.913 bits per heavy atom. The second-order valence-corrected chi connectivity index (χ2v) is 12.1. The Morgan fingerprint density at radius 2 is 1.65 bits per heavy atom. The number of aliphatic hydroxyl groups is 1. The highest BCUT2D eigenvalue weighted by Gasteiger charge is 2.17. The predicted octanol–water partition coefficient (Wildman–Crippen LogP) is 6.73. The van der Waals surface area contributed by atoms with Gasteiger partial charge in [-0.2, -0.15) is 5.26 Å². The van der Waals surface area contributed by atoms with E-state index in [1.807, 2.05) is 18.2 Å². The number of hydrogen-bond acceptors (Lipinski definition) is 8. The van der Waals surface area contributed by atoms with Gasteiger partial charge in [-0.15, -0.1) is 0 Å². The summed E-state index contributed by atoms with van der Waals surface area (Å²) in [4.78, 5) is 6.50. The Balaban J connectivity index is 1.25. The summed E-state index contributed by atoms with van der Waals surface area (Å²) in [6.45, 7) is 8.53. The van der Waals surface area contributed by atoms with E-state index in [2.05, 4.69) is 48.0 Å². The van der Waals surface area contributed by atoms with Crippen LogP contribution in [0.2, 0.25) is 5.02 Å². The zero-order valence-corrected chi connectivity index (χ0v) is 27.2. The molecule has 2 heterocycles. The van der Waals surface area contributed by atoms with Crippen LogP contribution in [0, 0.1) is 25.2 Å². The number of hydrogen-bond donors (Lipinski definition) is 2. The molecule has 1 aromatic heterocycles. The minimum absolute atomic E-state index is 0.149. The molecule has 0 aliphatic carbocycles. The number of piperidine rings is 1. The zero-order chi connectivity index (χ0) is 32.5. The van der Waals surface area contributed by atoms with Crippen LogP contribution in [0.25, 0.3) is 11.1 Å². The lowest BCUT2D eigenvalue weighted by molar-refractivity contribution is 0.0800. The smallest absolute Gasteiger partial charge is 0.142 e. The van der Waals surface area contributed by atoms with Crippen LogP contribution in [0.5, 0.6) is 17.2 Å². The van der Waals surface area contributed by atoms with E-state index in [4.69, 9.17) is 36.8 Å². The summed E-state index contributed by atoms with van der Waals surface area (Å²) >= 11 is 6.60. The molecule has 0 bridgehead atoms. The Labute approximate surface area is 276 Å². The molecule has 0 atom stereocenters. The molecular weight excluding hydrogens is 600 g/mol. The van der Waals surface area contributed by atoms with Crippen molar-refractivity contribution in [3.05, 3.63) is 105 Å². The highest BCUT2D eigenvalue weighted by atomic mass is 35.5. The fraction of sp³-hybridized carbons (Fsp3) is 0.351. The topological polar surface area (TPSA) is 114 Å². The molecule has 9 heteroatoms. The van der Waals surface area contributed by atoms with Crippen LogP contribution in [-0.4, -0.2) is 47.3 Å². The molecule has 1 aliphatic rings. The number of nitrogens with zero attached hydrogens (tertiary/aromatic N) is 3. The van der Waals surface area contributed by atoms with Gasteiger partial charge >= 0.3 is 0 Å². The molecule has 5 rings (SSSR count). The van der Waals surface area contributed by atoms with Crippen molar-refractivity contribution in [2.24, 2.45) is 5.73 Å². The molecule has 1 fully saturated rings. The Hall–Kier alpha value is -4.13. The summed E-state index contributed by atoms with van der Waals surface area (Å²) in [6.07, 6.45) is 5.68. The predicted molar refractivity (Wildman–Crippen MR) is 180 cm³/mol. The van der Waals surface area contributed by atoms with E-state index in [9.17, 15) is 5.11 Å². The average Bonchev–Trinajstić information content (AvgIpc) is 3.07. The third kappa shape index (κ3) is 8.36. The number of nitrogens with two attached hydrogens (primary N) is 1. The molecule has 3 N–H and O–H groups in total. The van der Waals surface area contributed by atoms with Crippen LogP contribution in [0.4, 0.5) is 0 Å². The van der Waals surface area contributed by atoms with Gasteiger partial charge in [0.15, 0.2) is 0 Å². The van der Waals surface area contributed by atoms with Gasteiger partial charge in [-0.1, -0.05) is 41.9 Å². The van der Waals surface area contributed by atoms with Gasteiger partial charge in [0.2, 0.25) is 0 Å². The third-order valence-corrected chi connectivity index (χ3v) is 8.79. The molecule has 8 nitrogen and oxygen atoms in total. The average molecular weight is 641 g/mol. The fourth-order valence-corrected chi connectivity index (χ4v) is 5.97. The molecule has 4 aromatic rings.